The second kappa shape index (κ2) is 4.46. The highest BCUT2D eigenvalue weighted by Gasteiger charge is 2.46. The minimum Gasteiger partial charge on any atom is -0.368 e. The molecule has 2 aliphatic rings. The second-order valence-electron chi connectivity index (χ2n) is 6.84. The molecule has 0 aromatic rings. The first-order valence-electron chi connectivity index (χ1n) is 6.76. The zero-order valence-electron chi connectivity index (χ0n) is 11.8. The van der Waals surface area contributed by atoms with Crippen LogP contribution in [-0.2, 0) is 14.6 Å². The summed E-state index contributed by atoms with van der Waals surface area (Å²) in [7, 11) is -2.84. The van der Waals surface area contributed by atoms with Gasteiger partial charge < -0.3 is 10.1 Å². The molecule has 0 bridgehead atoms. The molecule has 0 saturated carbocycles. The van der Waals surface area contributed by atoms with Gasteiger partial charge in [-0.2, -0.15) is 0 Å². The van der Waals surface area contributed by atoms with Gasteiger partial charge in [-0.3, -0.25) is 0 Å². The molecule has 5 heteroatoms. The third-order valence-corrected chi connectivity index (χ3v) is 5.80. The van der Waals surface area contributed by atoms with Gasteiger partial charge in [0.25, 0.3) is 0 Å². The summed E-state index contributed by atoms with van der Waals surface area (Å²) in [6, 6.07) is 0.316. The van der Waals surface area contributed by atoms with Gasteiger partial charge in [0, 0.05) is 12.1 Å². The van der Waals surface area contributed by atoms with Crippen molar-refractivity contribution >= 4 is 9.84 Å². The van der Waals surface area contributed by atoms with Crippen molar-refractivity contribution in [3.05, 3.63) is 0 Å². The van der Waals surface area contributed by atoms with Crippen LogP contribution in [0.3, 0.4) is 0 Å². The number of ether oxygens (including phenoxy) is 1. The smallest absolute Gasteiger partial charge is 0.151 e. The van der Waals surface area contributed by atoms with Crippen molar-refractivity contribution in [2.45, 2.75) is 70.2 Å². The number of hydrogen-bond donors (Lipinski definition) is 1. The maximum absolute atomic E-state index is 11.7. The summed E-state index contributed by atoms with van der Waals surface area (Å²) >= 11 is 0. The standard InChI is InChI=1S/C13H25NO3S/c1-12(2)8-11(13(3,4)17-12)14-10-6-5-7-18(15,16)9-10/h10-11,14H,5-9H2,1-4H3. The van der Waals surface area contributed by atoms with Crippen LogP contribution in [0.4, 0.5) is 0 Å². The normalized spacial score (nSPS) is 37.6. The van der Waals surface area contributed by atoms with Gasteiger partial charge in [-0.1, -0.05) is 0 Å². The van der Waals surface area contributed by atoms with Crippen molar-refractivity contribution in [1.82, 2.24) is 5.32 Å². The van der Waals surface area contributed by atoms with Crippen LogP contribution in [0.2, 0.25) is 0 Å². The van der Waals surface area contributed by atoms with E-state index in [0.29, 0.717) is 5.75 Å². The number of hydrogen-bond acceptors (Lipinski definition) is 4. The number of sulfone groups is 1. The summed E-state index contributed by atoms with van der Waals surface area (Å²) in [6.07, 6.45) is 2.65. The summed E-state index contributed by atoms with van der Waals surface area (Å²) in [5.74, 6) is 0.626. The Morgan fingerprint density at radius 2 is 1.89 bits per heavy atom. The molecule has 4 nitrogen and oxygen atoms in total. The average Bonchev–Trinajstić information content (AvgIpc) is 2.32. The molecule has 2 unspecified atom stereocenters. The van der Waals surface area contributed by atoms with Gasteiger partial charge in [0.2, 0.25) is 0 Å². The lowest BCUT2D eigenvalue weighted by molar-refractivity contribution is -0.0704. The van der Waals surface area contributed by atoms with Crippen molar-refractivity contribution in [3.8, 4) is 0 Å². The highest BCUT2D eigenvalue weighted by molar-refractivity contribution is 7.91. The van der Waals surface area contributed by atoms with Crippen LogP contribution in [0.1, 0.15) is 47.0 Å². The van der Waals surface area contributed by atoms with E-state index < -0.39 is 9.84 Å². The van der Waals surface area contributed by atoms with Crippen molar-refractivity contribution in [2.24, 2.45) is 0 Å². The molecule has 0 spiro atoms. The van der Waals surface area contributed by atoms with E-state index in [1.807, 2.05) is 0 Å². The Morgan fingerprint density at radius 3 is 2.39 bits per heavy atom. The van der Waals surface area contributed by atoms with Crippen molar-refractivity contribution < 1.29 is 13.2 Å². The molecule has 2 saturated heterocycles. The molecule has 0 aromatic carbocycles. The average molecular weight is 275 g/mol. The first-order valence-corrected chi connectivity index (χ1v) is 8.58. The lowest BCUT2D eigenvalue weighted by Crippen LogP contribution is -2.51. The van der Waals surface area contributed by atoms with Gasteiger partial charge in [0.1, 0.15) is 0 Å². The molecule has 2 rings (SSSR count). The highest BCUT2D eigenvalue weighted by atomic mass is 32.2. The number of rotatable bonds is 2. The Kier molecular flexibility index (Phi) is 3.54. The summed E-state index contributed by atoms with van der Waals surface area (Å²) in [4.78, 5) is 0. The summed E-state index contributed by atoms with van der Waals surface area (Å²) in [6.45, 7) is 8.34. The lowest BCUT2D eigenvalue weighted by Gasteiger charge is -2.32. The van der Waals surface area contributed by atoms with E-state index in [9.17, 15) is 8.42 Å². The third-order valence-electron chi connectivity index (χ3n) is 3.97. The minimum atomic E-state index is -2.84. The van der Waals surface area contributed by atoms with E-state index in [1.165, 1.54) is 0 Å². The van der Waals surface area contributed by atoms with Crippen LogP contribution in [0.25, 0.3) is 0 Å². The largest absolute Gasteiger partial charge is 0.368 e. The monoisotopic (exact) mass is 275 g/mol. The van der Waals surface area contributed by atoms with Crippen LogP contribution < -0.4 is 5.32 Å². The van der Waals surface area contributed by atoms with E-state index >= 15 is 0 Å². The van der Waals surface area contributed by atoms with E-state index in [2.05, 4.69) is 33.0 Å². The Labute approximate surface area is 110 Å². The highest BCUT2D eigenvalue weighted by Crippen LogP contribution is 2.37. The fourth-order valence-corrected chi connectivity index (χ4v) is 4.91. The van der Waals surface area contributed by atoms with Crippen LogP contribution >= 0.6 is 0 Å². The Bertz CT molecular complexity index is 414. The molecule has 0 aromatic heterocycles. The fraction of sp³-hybridized carbons (Fsp3) is 1.00. The Hall–Kier alpha value is -0.130. The zero-order valence-corrected chi connectivity index (χ0v) is 12.6. The van der Waals surface area contributed by atoms with Gasteiger partial charge in [-0.25, -0.2) is 8.42 Å². The second-order valence-corrected chi connectivity index (χ2v) is 9.07. The van der Waals surface area contributed by atoms with Crippen LogP contribution in [0.15, 0.2) is 0 Å². The Morgan fingerprint density at radius 1 is 1.22 bits per heavy atom. The quantitative estimate of drug-likeness (QED) is 0.830. The van der Waals surface area contributed by atoms with Gasteiger partial charge in [0.05, 0.1) is 22.7 Å². The molecular formula is C13H25NO3S. The molecule has 2 heterocycles. The predicted octanol–water partition coefficient (Wildman–Crippen LogP) is 1.50. The van der Waals surface area contributed by atoms with E-state index in [4.69, 9.17) is 4.74 Å². The van der Waals surface area contributed by atoms with E-state index in [1.54, 1.807) is 0 Å². The van der Waals surface area contributed by atoms with Crippen LogP contribution in [0.5, 0.6) is 0 Å². The van der Waals surface area contributed by atoms with Gasteiger partial charge in [-0.05, 0) is 47.0 Å². The number of nitrogens with one attached hydrogen (secondary N) is 1. The molecule has 1 N–H and O–H groups in total. The van der Waals surface area contributed by atoms with Crippen molar-refractivity contribution in [2.75, 3.05) is 11.5 Å². The molecule has 0 aliphatic carbocycles. The topological polar surface area (TPSA) is 55.4 Å². The van der Waals surface area contributed by atoms with E-state index in [-0.39, 0.29) is 29.0 Å². The molecule has 0 radical (unpaired) electrons. The summed E-state index contributed by atoms with van der Waals surface area (Å²) < 4.78 is 29.3. The zero-order chi connectivity index (χ0) is 13.6. The third kappa shape index (κ3) is 3.25. The molecule has 18 heavy (non-hydrogen) atoms. The predicted molar refractivity (Wildman–Crippen MR) is 72.5 cm³/mol. The SMILES string of the molecule is CC1(C)CC(NC2CCCS(=O)(=O)C2)C(C)(C)O1. The maximum atomic E-state index is 11.7. The first kappa shape index (κ1) is 14.3. The molecule has 2 fully saturated rings. The van der Waals surface area contributed by atoms with Crippen molar-refractivity contribution in [1.29, 1.82) is 0 Å². The molecule has 2 aliphatic heterocycles. The van der Waals surface area contributed by atoms with Gasteiger partial charge in [0.15, 0.2) is 9.84 Å². The van der Waals surface area contributed by atoms with Crippen LogP contribution in [0, 0.1) is 0 Å². The van der Waals surface area contributed by atoms with E-state index in [0.717, 1.165) is 19.3 Å². The molecule has 0 amide bonds. The fourth-order valence-electron chi connectivity index (χ4n) is 3.26. The molecule has 106 valence electrons. The molecule has 2 atom stereocenters. The van der Waals surface area contributed by atoms with Gasteiger partial charge >= 0.3 is 0 Å². The van der Waals surface area contributed by atoms with Crippen LogP contribution in [-0.4, -0.2) is 43.2 Å². The first-order chi connectivity index (χ1) is 8.10. The van der Waals surface area contributed by atoms with Crippen molar-refractivity contribution in [3.63, 3.8) is 0 Å². The van der Waals surface area contributed by atoms with Gasteiger partial charge in [-0.15, -0.1) is 0 Å². The molecular weight excluding hydrogens is 250 g/mol. The minimum absolute atomic E-state index is 0.0884. The lowest BCUT2D eigenvalue weighted by atomic mass is 9.93. The maximum Gasteiger partial charge on any atom is 0.151 e. The summed E-state index contributed by atoms with van der Waals surface area (Å²) in [5, 5.41) is 3.52. The Balaban J connectivity index is 2.01. The summed E-state index contributed by atoms with van der Waals surface area (Å²) in [5.41, 5.74) is -0.362.